The SMILES string of the molecule is NC[C@](N)(Cc1ccccc1)C(=O)O. The molecule has 0 fully saturated rings. The van der Waals surface area contributed by atoms with Crippen LogP contribution in [0, 0.1) is 0 Å². The molecule has 14 heavy (non-hydrogen) atoms. The van der Waals surface area contributed by atoms with Crippen molar-refractivity contribution in [2.45, 2.75) is 12.0 Å². The Balaban J connectivity index is 2.81. The van der Waals surface area contributed by atoms with Crippen molar-refractivity contribution in [2.24, 2.45) is 11.5 Å². The molecule has 0 saturated heterocycles. The summed E-state index contributed by atoms with van der Waals surface area (Å²) in [5.74, 6) is -1.07. The zero-order valence-electron chi connectivity index (χ0n) is 7.81. The molecule has 5 N–H and O–H groups in total. The van der Waals surface area contributed by atoms with E-state index in [4.69, 9.17) is 16.6 Å². The zero-order chi connectivity index (χ0) is 10.6. The Morgan fingerprint density at radius 2 is 1.93 bits per heavy atom. The fraction of sp³-hybridized carbons (Fsp3) is 0.300. The molecule has 0 aromatic heterocycles. The molecule has 0 amide bonds. The topological polar surface area (TPSA) is 89.3 Å². The third kappa shape index (κ3) is 2.31. The van der Waals surface area contributed by atoms with Crippen LogP contribution in [0.25, 0.3) is 0 Å². The van der Waals surface area contributed by atoms with Gasteiger partial charge in [0.05, 0.1) is 0 Å². The molecule has 0 aliphatic heterocycles. The Morgan fingerprint density at radius 1 is 1.36 bits per heavy atom. The van der Waals surface area contributed by atoms with E-state index < -0.39 is 11.5 Å². The molecular weight excluding hydrogens is 180 g/mol. The van der Waals surface area contributed by atoms with Gasteiger partial charge in [-0.25, -0.2) is 0 Å². The van der Waals surface area contributed by atoms with Crippen LogP contribution in [0.3, 0.4) is 0 Å². The molecule has 0 aliphatic carbocycles. The molecule has 0 radical (unpaired) electrons. The quantitative estimate of drug-likeness (QED) is 0.628. The second kappa shape index (κ2) is 4.21. The first-order valence-electron chi connectivity index (χ1n) is 4.35. The molecule has 1 atom stereocenters. The summed E-state index contributed by atoms with van der Waals surface area (Å²) >= 11 is 0. The second-order valence-corrected chi connectivity index (χ2v) is 3.33. The molecule has 4 nitrogen and oxygen atoms in total. The minimum atomic E-state index is -1.36. The van der Waals surface area contributed by atoms with E-state index in [1.807, 2.05) is 30.3 Å². The summed E-state index contributed by atoms with van der Waals surface area (Å²) in [7, 11) is 0. The second-order valence-electron chi connectivity index (χ2n) is 3.33. The Bertz CT molecular complexity index is 313. The fourth-order valence-corrected chi connectivity index (χ4v) is 1.20. The highest BCUT2D eigenvalue weighted by atomic mass is 16.4. The zero-order valence-corrected chi connectivity index (χ0v) is 7.81. The van der Waals surface area contributed by atoms with Crippen molar-refractivity contribution in [2.75, 3.05) is 6.54 Å². The van der Waals surface area contributed by atoms with Crippen LogP contribution in [-0.2, 0) is 11.2 Å². The van der Waals surface area contributed by atoms with Crippen molar-refractivity contribution in [3.63, 3.8) is 0 Å². The predicted molar refractivity (Wildman–Crippen MR) is 53.8 cm³/mol. The summed E-state index contributed by atoms with van der Waals surface area (Å²) in [6.07, 6.45) is 0.250. The minimum Gasteiger partial charge on any atom is -0.480 e. The van der Waals surface area contributed by atoms with E-state index in [-0.39, 0.29) is 13.0 Å². The van der Waals surface area contributed by atoms with E-state index in [2.05, 4.69) is 0 Å². The maximum Gasteiger partial charge on any atom is 0.325 e. The first-order valence-corrected chi connectivity index (χ1v) is 4.35. The lowest BCUT2D eigenvalue weighted by molar-refractivity contribution is -0.142. The highest BCUT2D eigenvalue weighted by molar-refractivity contribution is 5.79. The Labute approximate surface area is 82.5 Å². The number of carboxylic acid groups (broad SMARTS) is 1. The van der Waals surface area contributed by atoms with E-state index in [0.717, 1.165) is 5.56 Å². The molecule has 0 saturated carbocycles. The number of rotatable bonds is 4. The van der Waals surface area contributed by atoms with Gasteiger partial charge in [-0.3, -0.25) is 4.79 Å². The summed E-state index contributed by atoms with van der Waals surface area (Å²) in [5.41, 5.74) is 10.5. The Hall–Kier alpha value is -1.39. The van der Waals surface area contributed by atoms with E-state index in [1.54, 1.807) is 0 Å². The van der Waals surface area contributed by atoms with Crippen molar-refractivity contribution in [1.82, 2.24) is 0 Å². The predicted octanol–water partition coefficient (Wildman–Crippen LogP) is -0.0301. The first-order chi connectivity index (χ1) is 6.58. The molecule has 0 aliphatic rings. The molecule has 0 bridgehead atoms. The van der Waals surface area contributed by atoms with Crippen LogP contribution in [-0.4, -0.2) is 23.2 Å². The smallest absolute Gasteiger partial charge is 0.325 e. The maximum atomic E-state index is 10.9. The number of carboxylic acids is 1. The van der Waals surface area contributed by atoms with Gasteiger partial charge in [-0.1, -0.05) is 30.3 Å². The standard InChI is InChI=1S/C10H14N2O2/c11-7-10(12,9(13)14)6-8-4-2-1-3-5-8/h1-5H,6-7,11-12H2,(H,13,14)/t10-/m1/s1. The molecular formula is C10H14N2O2. The Morgan fingerprint density at radius 3 is 2.36 bits per heavy atom. The van der Waals surface area contributed by atoms with Crippen LogP contribution < -0.4 is 11.5 Å². The van der Waals surface area contributed by atoms with Gasteiger partial charge in [0.2, 0.25) is 0 Å². The summed E-state index contributed by atoms with van der Waals surface area (Å²) < 4.78 is 0. The molecule has 0 spiro atoms. The summed E-state index contributed by atoms with van der Waals surface area (Å²) in [6.45, 7) is -0.0722. The number of nitrogens with two attached hydrogens (primary N) is 2. The van der Waals surface area contributed by atoms with Crippen LogP contribution in [0.15, 0.2) is 30.3 Å². The average Bonchev–Trinajstić information content (AvgIpc) is 2.19. The first kappa shape index (κ1) is 10.7. The largest absolute Gasteiger partial charge is 0.480 e. The van der Waals surface area contributed by atoms with Gasteiger partial charge < -0.3 is 16.6 Å². The van der Waals surface area contributed by atoms with Crippen LogP contribution >= 0.6 is 0 Å². The summed E-state index contributed by atoms with van der Waals surface area (Å²) in [4.78, 5) is 10.9. The molecule has 4 heteroatoms. The van der Waals surface area contributed by atoms with Crippen LogP contribution in [0.4, 0.5) is 0 Å². The van der Waals surface area contributed by atoms with Crippen molar-refractivity contribution in [3.8, 4) is 0 Å². The minimum absolute atomic E-state index is 0.0722. The van der Waals surface area contributed by atoms with Crippen molar-refractivity contribution >= 4 is 5.97 Å². The van der Waals surface area contributed by atoms with E-state index in [1.165, 1.54) is 0 Å². The summed E-state index contributed by atoms with van der Waals surface area (Å²) in [6, 6.07) is 9.22. The van der Waals surface area contributed by atoms with Gasteiger partial charge in [0.25, 0.3) is 0 Å². The number of benzene rings is 1. The highest BCUT2D eigenvalue weighted by Gasteiger charge is 2.32. The fourth-order valence-electron chi connectivity index (χ4n) is 1.20. The lowest BCUT2D eigenvalue weighted by Crippen LogP contribution is -2.55. The summed E-state index contributed by atoms with van der Waals surface area (Å²) in [5, 5.41) is 8.89. The van der Waals surface area contributed by atoms with Crippen molar-refractivity contribution < 1.29 is 9.90 Å². The van der Waals surface area contributed by atoms with Gasteiger partial charge in [0.15, 0.2) is 0 Å². The molecule has 1 rings (SSSR count). The number of carbonyl (C=O) groups is 1. The molecule has 1 aromatic carbocycles. The average molecular weight is 194 g/mol. The third-order valence-electron chi connectivity index (χ3n) is 2.15. The van der Waals surface area contributed by atoms with E-state index >= 15 is 0 Å². The molecule has 0 unspecified atom stereocenters. The van der Waals surface area contributed by atoms with E-state index in [9.17, 15) is 4.79 Å². The third-order valence-corrected chi connectivity index (χ3v) is 2.15. The molecule has 1 aromatic rings. The lowest BCUT2D eigenvalue weighted by atomic mass is 9.92. The van der Waals surface area contributed by atoms with Crippen molar-refractivity contribution in [1.29, 1.82) is 0 Å². The van der Waals surface area contributed by atoms with Gasteiger partial charge in [0, 0.05) is 13.0 Å². The Kier molecular flexibility index (Phi) is 3.22. The van der Waals surface area contributed by atoms with Gasteiger partial charge in [-0.2, -0.15) is 0 Å². The van der Waals surface area contributed by atoms with Gasteiger partial charge in [-0.15, -0.1) is 0 Å². The van der Waals surface area contributed by atoms with Crippen LogP contribution in [0.5, 0.6) is 0 Å². The normalized spacial score (nSPS) is 14.7. The van der Waals surface area contributed by atoms with Gasteiger partial charge in [0.1, 0.15) is 5.54 Å². The van der Waals surface area contributed by atoms with E-state index in [0.29, 0.717) is 0 Å². The van der Waals surface area contributed by atoms with Crippen LogP contribution in [0.2, 0.25) is 0 Å². The monoisotopic (exact) mass is 194 g/mol. The highest BCUT2D eigenvalue weighted by Crippen LogP contribution is 2.10. The number of hydrogen-bond donors (Lipinski definition) is 3. The van der Waals surface area contributed by atoms with Crippen molar-refractivity contribution in [3.05, 3.63) is 35.9 Å². The number of aliphatic carboxylic acids is 1. The molecule has 76 valence electrons. The lowest BCUT2D eigenvalue weighted by Gasteiger charge is -2.22. The maximum absolute atomic E-state index is 10.9. The number of hydrogen-bond acceptors (Lipinski definition) is 3. The van der Waals surface area contributed by atoms with Gasteiger partial charge >= 0.3 is 5.97 Å². The molecule has 0 heterocycles. The van der Waals surface area contributed by atoms with Gasteiger partial charge in [-0.05, 0) is 5.56 Å². The van der Waals surface area contributed by atoms with Crippen LogP contribution in [0.1, 0.15) is 5.56 Å².